The number of amides is 2. The molecule has 2 fully saturated rings. The molecule has 80 valence electrons. The highest BCUT2D eigenvalue weighted by Gasteiger charge is 2.49. The van der Waals surface area contributed by atoms with E-state index in [1.807, 2.05) is 0 Å². The number of hydrogen-bond donors (Lipinski definition) is 2. The molecule has 2 bridgehead atoms. The Bertz CT molecular complexity index is 367. The zero-order valence-corrected chi connectivity index (χ0v) is 8.72. The van der Waals surface area contributed by atoms with Crippen molar-refractivity contribution in [1.82, 2.24) is 10.6 Å². The molecule has 1 saturated carbocycles. The average molecular weight is 206 g/mol. The second kappa shape index (κ2) is 3.58. The van der Waals surface area contributed by atoms with Crippen LogP contribution in [0.1, 0.15) is 26.2 Å². The van der Waals surface area contributed by atoms with E-state index in [1.165, 1.54) is 0 Å². The highest BCUT2D eigenvalue weighted by molar-refractivity contribution is 5.93. The van der Waals surface area contributed by atoms with E-state index in [0.717, 1.165) is 19.3 Å². The molecule has 0 radical (unpaired) electrons. The van der Waals surface area contributed by atoms with E-state index in [1.54, 1.807) is 6.92 Å². The maximum absolute atomic E-state index is 11.4. The molecule has 1 aliphatic carbocycles. The predicted molar refractivity (Wildman–Crippen MR) is 54.7 cm³/mol. The quantitative estimate of drug-likeness (QED) is 0.614. The highest BCUT2D eigenvalue weighted by atomic mass is 16.2. The van der Waals surface area contributed by atoms with Gasteiger partial charge in [-0.25, -0.2) is 0 Å². The Labute approximate surface area is 88.8 Å². The smallest absolute Gasteiger partial charge is 0.295 e. The summed E-state index contributed by atoms with van der Waals surface area (Å²) in [6.45, 7) is 2.13. The minimum Gasteiger partial charge on any atom is -0.349 e. The molecule has 2 rings (SSSR count). The van der Waals surface area contributed by atoms with Crippen LogP contribution in [0.25, 0.3) is 0 Å². The van der Waals surface area contributed by atoms with Crippen molar-refractivity contribution in [2.24, 2.45) is 5.92 Å². The number of nitrogens with one attached hydrogen (secondary N) is 2. The van der Waals surface area contributed by atoms with Crippen LogP contribution < -0.4 is 10.6 Å². The number of piperidine rings is 1. The Morgan fingerprint density at radius 3 is 3.07 bits per heavy atom. The molecule has 1 heterocycles. The van der Waals surface area contributed by atoms with E-state index < -0.39 is 0 Å². The van der Waals surface area contributed by atoms with E-state index in [-0.39, 0.29) is 23.3 Å². The largest absolute Gasteiger partial charge is 0.349 e. The summed E-state index contributed by atoms with van der Waals surface area (Å²) in [6.07, 6.45) is 2.76. The number of rotatable bonds is 2. The van der Waals surface area contributed by atoms with E-state index in [4.69, 9.17) is 0 Å². The van der Waals surface area contributed by atoms with Gasteiger partial charge >= 0.3 is 0 Å². The predicted octanol–water partition coefficient (Wildman–Crippen LogP) is -0.205. The van der Waals surface area contributed by atoms with Gasteiger partial charge in [0.05, 0.1) is 5.54 Å². The Morgan fingerprint density at radius 2 is 2.53 bits per heavy atom. The zero-order valence-electron chi connectivity index (χ0n) is 8.72. The van der Waals surface area contributed by atoms with Gasteiger partial charge in [0.15, 0.2) is 0 Å². The molecule has 2 N–H and O–H groups in total. The van der Waals surface area contributed by atoms with Crippen molar-refractivity contribution < 1.29 is 9.59 Å². The Morgan fingerprint density at radius 1 is 1.73 bits per heavy atom. The number of carbonyl (C=O) groups excluding carboxylic acids is 2. The molecule has 2 amide bonds. The van der Waals surface area contributed by atoms with Crippen molar-refractivity contribution in [2.45, 2.75) is 31.7 Å². The monoisotopic (exact) mass is 206 g/mol. The average Bonchev–Trinajstić information content (AvgIpc) is 2.73. The third-order valence-corrected chi connectivity index (χ3v) is 3.19. The molecule has 2 unspecified atom stereocenters. The first-order valence-corrected chi connectivity index (χ1v) is 5.18. The van der Waals surface area contributed by atoms with Gasteiger partial charge in [0.1, 0.15) is 0 Å². The zero-order chi connectivity index (χ0) is 10.9. The number of hydrogen-bond acceptors (Lipinski definition) is 2. The van der Waals surface area contributed by atoms with Gasteiger partial charge in [-0.2, -0.15) is 0 Å². The van der Waals surface area contributed by atoms with E-state index in [2.05, 4.69) is 22.5 Å². The second-order valence-corrected chi connectivity index (χ2v) is 4.27. The lowest BCUT2D eigenvalue weighted by Gasteiger charge is -2.27. The topological polar surface area (TPSA) is 58.2 Å². The molecule has 0 aromatic rings. The van der Waals surface area contributed by atoms with Crippen molar-refractivity contribution in [2.75, 3.05) is 6.54 Å². The van der Waals surface area contributed by atoms with Gasteiger partial charge in [-0.15, -0.1) is 0 Å². The van der Waals surface area contributed by atoms with E-state index in [9.17, 15) is 9.59 Å². The summed E-state index contributed by atoms with van der Waals surface area (Å²) in [7, 11) is 0. The van der Waals surface area contributed by atoms with Crippen LogP contribution in [0.2, 0.25) is 0 Å². The fourth-order valence-electron chi connectivity index (χ4n) is 2.44. The molecule has 0 aromatic heterocycles. The lowest BCUT2D eigenvalue weighted by atomic mass is 9.99. The lowest BCUT2D eigenvalue weighted by molar-refractivity contribution is -0.124. The minimum absolute atomic E-state index is 0.136. The van der Waals surface area contributed by atoms with Crippen molar-refractivity contribution in [3.05, 3.63) is 0 Å². The summed E-state index contributed by atoms with van der Waals surface area (Å²) in [4.78, 5) is 22.5. The summed E-state index contributed by atoms with van der Waals surface area (Å²) in [5.74, 6) is 5.00. The molecule has 15 heavy (non-hydrogen) atoms. The first-order valence-electron chi connectivity index (χ1n) is 5.18. The molecular weight excluding hydrogens is 192 g/mol. The lowest BCUT2D eigenvalue weighted by Crippen LogP contribution is -2.51. The molecule has 2 atom stereocenters. The third-order valence-electron chi connectivity index (χ3n) is 3.19. The summed E-state index contributed by atoms with van der Waals surface area (Å²) in [6, 6.07) is 0. The first-order chi connectivity index (χ1) is 7.15. The normalized spacial score (nSPS) is 31.8. The van der Waals surface area contributed by atoms with Gasteiger partial charge < -0.3 is 10.6 Å². The standard InChI is InChI=1S/C11H14N2O2/c1-2-3-9(14)12-7-11-5-4-8(6-11)10(15)13-11/h8H,4-7H2,1H3,(H,12,14)(H,13,15). The van der Waals surface area contributed by atoms with Gasteiger partial charge in [-0.1, -0.05) is 5.92 Å². The molecule has 0 aromatic carbocycles. The van der Waals surface area contributed by atoms with Crippen LogP contribution >= 0.6 is 0 Å². The Kier molecular flexibility index (Phi) is 2.39. The molecule has 4 nitrogen and oxygen atoms in total. The van der Waals surface area contributed by atoms with Crippen molar-refractivity contribution in [1.29, 1.82) is 0 Å². The molecule has 2 aliphatic rings. The van der Waals surface area contributed by atoms with Crippen LogP contribution in [-0.4, -0.2) is 23.9 Å². The highest BCUT2D eigenvalue weighted by Crippen LogP contribution is 2.39. The summed E-state index contributed by atoms with van der Waals surface area (Å²) < 4.78 is 0. The first kappa shape index (κ1) is 10.0. The van der Waals surface area contributed by atoms with Crippen LogP contribution in [-0.2, 0) is 9.59 Å². The van der Waals surface area contributed by atoms with Crippen LogP contribution in [0.15, 0.2) is 0 Å². The van der Waals surface area contributed by atoms with Gasteiger partial charge in [0.25, 0.3) is 5.91 Å². The van der Waals surface area contributed by atoms with Crippen LogP contribution in [0.3, 0.4) is 0 Å². The Balaban J connectivity index is 1.92. The second-order valence-electron chi connectivity index (χ2n) is 4.27. The molecule has 1 saturated heterocycles. The number of fused-ring (bicyclic) bond motifs is 2. The summed E-state index contributed by atoms with van der Waals surface area (Å²) in [5.41, 5.74) is -0.188. The third kappa shape index (κ3) is 1.82. The fraction of sp³-hybridized carbons (Fsp3) is 0.636. The van der Waals surface area contributed by atoms with Crippen molar-refractivity contribution in [3.8, 4) is 11.8 Å². The molecular formula is C11H14N2O2. The molecule has 4 heteroatoms. The van der Waals surface area contributed by atoms with Gasteiger partial charge in [-0.3, -0.25) is 9.59 Å². The maximum atomic E-state index is 11.4. The number of carbonyl (C=O) groups is 2. The van der Waals surface area contributed by atoms with Gasteiger partial charge in [-0.05, 0) is 32.1 Å². The SMILES string of the molecule is CC#CC(=O)NCC12CCC(C1)C(=O)N2. The molecule has 1 aliphatic heterocycles. The van der Waals surface area contributed by atoms with Crippen LogP contribution in [0, 0.1) is 17.8 Å². The van der Waals surface area contributed by atoms with Gasteiger partial charge in [0.2, 0.25) is 5.91 Å². The van der Waals surface area contributed by atoms with Crippen molar-refractivity contribution >= 4 is 11.8 Å². The minimum atomic E-state index is -0.267. The Hall–Kier alpha value is -1.50. The van der Waals surface area contributed by atoms with Gasteiger partial charge in [0, 0.05) is 12.5 Å². The van der Waals surface area contributed by atoms with Crippen LogP contribution in [0.4, 0.5) is 0 Å². The molecule has 0 spiro atoms. The summed E-state index contributed by atoms with van der Waals surface area (Å²) in [5, 5.41) is 5.70. The van der Waals surface area contributed by atoms with Crippen LogP contribution in [0.5, 0.6) is 0 Å². The van der Waals surface area contributed by atoms with E-state index >= 15 is 0 Å². The summed E-state index contributed by atoms with van der Waals surface area (Å²) >= 11 is 0. The van der Waals surface area contributed by atoms with Crippen molar-refractivity contribution in [3.63, 3.8) is 0 Å². The fourth-order valence-corrected chi connectivity index (χ4v) is 2.44. The van der Waals surface area contributed by atoms with E-state index in [0.29, 0.717) is 6.54 Å². The maximum Gasteiger partial charge on any atom is 0.295 e.